The van der Waals surface area contributed by atoms with Crippen LogP contribution >= 0.6 is 11.3 Å². The first-order chi connectivity index (χ1) is 9.70. The number of carbonyl (C=O) groups is 2. The Hall–Kier alpha value is -1.45. The van der Waals surface area contributed by atoms with Crippen molar-refractivity contribution in [3.05, 3.63) is 17.0 Å². The van der Waals surface area contributed by atoms with Crippen molar-refractivity contribution in [3.8, 4) is 0 Å². The van der Waals surface area contributed by atoms with Crippen LogP contribution in [0.3, 0.4) is 0 Å². The molecule has 1 aromatic heterocycles. The van der Waals surface area contributed by atoms with Crippen LogP contribution < -0.4 is 0 Å². The first-order valence-electron chi connectivity index (χ1n) is 6.11. The molecule has 0 amide bonds. The molecule has 0 saturated carbocycles. The molecule has 1 N–H and O–H groups in total. The van der Waals surface area contributed by atoms with Gasteiger partial charge >= 0.3 is 11.9 Å². The number of carboxylic acid groups (broad SMARTS) is 1. The molecule has 2 heterocycles. The third-order valence-corrected chi connectivity index (χ3v) is 6.81. The highest BCUT2D eigenvalue weighted by Crippen LogP contribution is 2.35. The number of nitrogens with zero attached hydrogens (tertiary/aromatic N) is 1. The molecular weight excluding hydrogens is 318 g/mol. The summed E-state index contributed by atoms with van der Waals surface area (Å²) in [6.45, 7) is 1.60. The molecule has 9 heteroatoms. The van der Waals surface area contributed by atoms with Gasteiger partial charge in [0.2, 0.25) is 0 Å². The second kappa shape index (κ2) is 5.39. The minimum atomic E-state index is -3.78. The molecule has 0 aliphatic carbocycles. The van der Waals surface area contributed by atoms with Gasteiger partial charge in [0, 0.05) is 18.5 Å². The summed E-state index contributed by atoms with van der Waals surface area (Å²) >= 11 is 0.918. The Kier molecular flexibility index (Phi) is 4.09. The summed E-state index contributed by atoms with van der Waals surface area (Å²) in [6.07, 6.45) is 0.261. The maximum absolute atomic E-state index is 12.5. The predicted molar refractivity (Wildman–Crippen MR) is 74.8 cm³/mol. The van der Waals surface area contributed by atoms with Gasteiger partial charge in [-0.1, -0.05) is 0 Å². The van der Waals surface area contributed by atoms with Crippen molar-refractivity contribution in [2.45, 2.75) is 17.6 Å². The van der Waals surface area contributed by atoms with E-state index >= 15 is 0 Å². The molecule has 0 radical (unpaired) electrons. The van der Waals surface area contributed by atoms with Crippen molar-refractivity contribution >= 4 is 33.3 Å². The highest BCUT2D eigenvalue weighted by molar-refractivity contribution is 7.91. The fourth-order valence-electron chi connectivity index (χ4n) is 2.10. The van der Waals surface area contributed by atoms with Crippen LogP contribution in [0.15, 0.2) is 15.7 Å². The van der Waals surface area contributed by atoms with Crippen LogP contribution in [-0.4, -0.2) is 50.0 Å². The van der Waals surface area contributed by atoms with E-state index < -0.39 is 27.4 Å². The first-order valence-corrected chi connectivity index (χ1v) is 8.43. The number of carbonyl (C=O) groups excluding carboxylic acids is 1. The van der Waals surface area contributed by atoms with Gasteiger partial charge < -0.3 is 9.84 Å². The van der Waals surface area contributed by atoms with Crippen LogP contribution in [0, 0.1) is 5.41 Å². The Morgan fingerprint density at radius 2 is 2.14 bits per heavy atom. The van der Waals surface area contributed by atoms with Gasteiger partial charge in [-0.2, -0.15) is 4.31 Å². The number of thiophene rings is 1. The number of sulfonamides is 1. The maximum Gasteiger partial charge on any atom is 0.338 e. The lowest BCUT2D eigenvalue weighted by molar-refractivity contribution is -0.146. The summed E-state index contributed by atoms with van der Waals surface area (Å²) in [5.74, 6) is -1.62. The molecule has 7 nitrogen and oxygen atoms in total. The standard InChI is InChI=1S/C12H15NO6S2/c1-12(11(15)16)3-4-13(7-12)21(17,18)9-5-8(6-20-9)10(14)19-2/h5-6H,3-4,7H2,1-2H3,(H,15,16). The van der Waals surface area contributed by atoms with E-state index in [9.17, 15) is 18.0 Å². The van der Waals surface area contributed by atoms with Gasteiger partial charge in [-0.05, 0) is 19.4 Å². The van der Waals surface area contributed by atoms with E-state index in [1.54, 1.807) is 0 Å². The minimum absolute atomic E-state index is 0.0116. The number of hydrogen-bond donors (Lipinski definition) is 1. The molecule has 1 aliphatic rings. The van der Waals surface area contributed by atoms with E-state index in [-0.39, 0.29) is 29.3 Å². The number of esters is 1. The van der Waals surface area contributed by atoms with Crippen molar-refractivity contribution in [3.63, 3.8) is 0 Å². The van der Waals surface area contributed by atoms with E-state index in [4.69, 9.17) is 5.11 Å². The molecular formula is C12H15NO6S2. The molecule has 1 aliphatic heterocycles. The third-order valence-electron chi connectivity index (χ3n) is 3.55. The monoisotopic (exact) mass is 333 g/mol. The quantitative estimate of drug-likeness (QED) is 0.826. The van der Waals surface area contributed by atoms with Crippen LogP contribution in [0.2, 0.25) is 0 Å². The second-order valence-electron chi connectivity index (χ2n) is 5.10. The SMILES string of the molecule is COC(=O)c1csc(S(=O)(=O)N2CCC(C)(C(=O)O)C2)c1. The molecule has 0 spiro atoms. The lowest BCUT2D eigenvalue weighted by Crippen LogP contribution is -2.34. The molecule has 1 atom stereocenters. The number of methoxy groups -OCH3 is 1. The largest absolute Gasteiger partial charge is 0.481 e. The normalized spacial score (nSPS) is 23.1. The molecule has 1 aromatic rings. The Morgan fingerprint density at radius 3 is 2.67 bits per heavy atom. The summed E-state index contributed by atoms with van der Waals surface area (Å²) in [5, 5.41) is 10.6. The van der Waals surface area contributed by atoms with Crippen molar-refractivity contribution in [2.75, 3.05) is 20.2 Å². The minimum Gasteiger partial charge on any atom is -0.481 e. The van der Waals surface area contributed by atoms with E-state index in [0.717, 1.165) is 15.6 Å². The lowest BCUT2D eigenvalue weighted by atomic mass is 9.90. The zero-order valence-electron chi connectivity index (χ0n) is 11.5. The van der Waals surface area contributed by atoms with Crippen LogP contribution in [0.5, 0.6) is 0 Å². The number of carboxylic acids is 1. The summed E-state index contributed by atoms with van der Waals surface area (Å²) < 4.78 is 30.6. The number of hydrogen-bond acceptors (Lipinski definition) is 6. The van der Waals surface area contributed by atoms with Crippen LogP contribution in [0.25, 0.3) is 0 Å². The van der Waals surface area contributed by atoms with E-state index in [1.807, 2.05) is 0 Å². The molecule has 0 bridgehead atoms. The number of ether oxygens (including phenoxy) is 1. The zero-order valence-corrected chi connectivity index (χ0v) is 13.2. The summed E-state index contributed by atoms with van der Waals surface area (Å²) in [7, 11) is -2.57. The molecule has 0 aromatic carbocycles. The summed E-state index contributed by atoms with van der Waals surface area (Å²) in [6, 6.07) is 1.25. The average molecular weight is 333 g/mol. The van der Waals surface area contributed by atoms with Gasteiger partial charge in [0.05, 0.1) is 18.1 Å². The topological polar surface area (TPSA) is 101 Å². The van der Waals surface area contributed by atoms with Crippen LogP contribution in [0.4, 0.5) is 0 Å². The van der Waals surface area contributed by atoms with Crippen molar-refractivity contribution < 1.29 is 27.9 Å². The average Bonchev–Trinajstić information content (AvgIpc) is 3.05. The van der Waals surface area contributed by atoms with Gasteiger partial charge in [-0.15, -0.1) is 11.3 Å². The Bertz CT molecular complexity index is 680. The molecule has 21 heavy (non-hydrogen) atoms. The Labute approximate surface area is 126 Å². The van der Waals surface area contributed by atoms with Crippen LogP contribution in [0.1, 0.15) is 23.7 Å². The Morgan fingerprint density at radius 1 is 1.48 bits per heavy atom. The molecule has 2 rings (SSSR count). The number of aliphatic carboxylic acids is 1. The van der Waals surface area contributed by atoms with Crippen LogP contribution in [-0.2, 0) is 19.6 Å². The predicted octanol–water partition coefficient (Wildman–Crippen LogP) is 1.02. The van der Waals surface area contributed by atoms with Crippen molar-refractivity contribution in [1.82, 2.24) is 4.31 Å². The van der Waals surface area contributed by atoms with E-state index in [0.29, 0.717) is 0 Å². The zero-order chi connectivity index (χ0) is 15.8. The smallest absolute Gasteiger partial charge is 0.338 e. The highest BCUT2D eigenvalue weighted by Gasteiger charge is 2.45. The third kappa shape index (κ3) is 2.81. The maximum atomic E-state index is 12.5. The summed E-state index contributed by atoms with van der Waals surface area (Å²) in [4.78, 5) is 22.6. The summed E-state index contributed by atoms with van der Waals surface area (Å²) in [5.41, 5.74) is -0.906. The highest BCUT2D eigenvalue weighted by atomic mass is 32.2. The Balaban J connectivity index is 2.26. The molecule has 1 saturated heterocycles. The molecule has 116 valence electrons. The van der Waals surface area contributed by atoms with Gasteiger partial charge in [-0.3, -0.25) is 4.79 Å². The number of rotatable bonds is 4. The van der Waals surface area contributed by atoms with Crippen molar-refractivity contribution in [2.24, 2.45) is 5.41 Å². The van der Waals surface area contributed by atoms with Gasteiger partial charge in [0.15, 0.2) is 0 Å². The van der Waals surface area contributed by atoms with E-state index in [1.165, 1.54) is 25.5 Å². The fraction of sp³-hybridized carbons (Fsp3) is 0.500. The van der Waals surface area contributed by atoms with Gasteiger partial charge in [-0.25, -0.2) is 13.2 Å². The fourth-order valence-corrected chi connectivity index (χ4v) is 4.97. The van der Waals surface area contributed by atoms with E-state index in [2.05, 4.69) is 4.74 Å². The van der Waals surface area contributed by atoms with Gasteiger partial charge in [0.1, 0.15) is 4.21 Å². The molecule has 1 unspecified atom stereocenters. The van der Waals surface area contributed by atoms with Gasteiger partial charge in [0.25, 0.3) is 10.0 Å². The first kappa shape index (κ1) is 15.9. The lowest BCUT2D eigenvalue weighted by Gasteiger charge is -2.19. The molecule has 1 fully saturated rings. The van der Waals surface area contributed by atoms with Crippen molar-refractivity contribution in [1.29, 1.82) is 0 Å². The second-order valence-corrected chi connectivity index (χ2v) is 8.18.